The van der Waals surface area contributed by atoms with Crippen molar-refractivity contribution in [2.24, 2.45) is 0 Å². The molecule has 0 spiro atoms. The Labute approximate surface area is 111 Å². The molecule has 1 aromatic rings. The van der Waals surface area contributed by atoms with Gasteiger partial charge in [0.2, 0.25) is 0 Å². The molecule has 2 heteroatoms. The summed E-state index contributed by atoms with van der Waals surface area (Å²) in [5.41, 5.74) is 2.92. The zero-order chi connectivity index (χ0) is 13.0. The second kappa shape index (κ2) is 6.24. The number of rotatable bonds is 5. The second-order valence-electron chi connectivity index (χ2n) is 5.60. The van der Waals surface area contributed by atoms with Crippen LogP contribution in [0.1, 0.15) is 45.1 Å². The highest BCUT2D eigenvalue weighted by atomic mass is 15.2. The van der Waals surface area contributed by atoms with Gasteiger partial charge in [-0.2, -0.15) is 0 Å². The zero-order valence-corrected chi connectivity index (χ0v) is 11.9. The van der Waals surface area contributed by atoms with Gasteiger partial charge in [0, 0.05) is 24.8 Å². The molecule has 1 aliphatic rings. The largest absolute Gasteiger partial charge is 0.370 e. The average Bonchev–Trinajstić information content (AvgIpc) is 2.85. The first kappa shape index (κ1) is 13.4. The number of nitrogens with zero attached hydrogens (tertiary/aromatic N) is 1. The number of para-hydroxylation sites is 1. The number of anilines is 1. The summed E-state index contributed by atoms with van der Waals surface area (Å²) < 4.78 is 0. The van der Waals surface area contributed by atoms with E-state index in [9.17, 15) is 0 Å². The van der Waals surface area contributed by atoms with E-state index in [0.29, 0.717) is 12.0 Å². The molecule has 1 saturated heterocycles. The lowest BCUT2D eigenvalue weighted by molar-refractivity contribution is 0.549. The molecule has 0 radical (unpaired) electrons. The van der Waals surface area contributed by atoms with Gasteiger partial charge >= 0.3 is 0 Å². The molecule has 100 valence electrons. The lowest BCUT2D eigenvalue weighted by Crippen LogP contribution is -2.33. The molecule has 1 aliphatic heterocycles. The van der Waals surface area contributed by atoms with E-state index in [4.69, 9.17) is 0 Å². The normalized spacial score (nSPS) is 19.8. The molecule has 1 atom stereocenters. The van der Waals surface area contributed by atoms with Gasteiger partial charge in [-0.05, 0) is 36.9 Å². The van der Waals surface area contributed by atoms with Crippen LogP contribution in [-0.2, 0) is 0 Å². The van der Waals surface area contributed by atoms with Crippen molar-refractivity contribution in [3.8, 4) is 0 Å². The van der Waals surface area contributed by atoms with Gasteiger partial charge in [0.15, 0.2) is 0 Å². The van der Waals surface area contributed by atoms with Crippen molar-refractivity contribution in [2.45, 2.75) is 45.6 Å². The topological polar surface area (TPSA) is 15.3 Å². The fraction of sp³-hybridized carbons (Fsp3) is 0.625. The van der Waals surface area contributed by atoms with E-state index in [1.807, 2.05) is 0 Å². The molecule has 0 bridgehead atoms. The molecule has 0 amide bonds. The van der Waals surface area contributed by atoms with Crippen molar-refractivity contribution < 1.29 is 0 Å². The third-order valence-electron chi connectivity index (χ3n) is 3.77. The summed E-state index contributed by atoms with van der Waals surface area (Å²) in [5, 5.41) is 3.64. The Morgan fingerprint density at radius 2 is 2.11 bits per heavy atom. The summed E-state index contributed by atoms with van der Waals surface area (Å²) >= 11 is 0. The molecule has 18 heavy (non-hydrogen) atoms. The highest BCUT2D eigenvalue weighted by Crippen LogP contribution is 2.29. The van der Waals surface area contributed by atoms with Crippen LogP contribution in [0.25, 0.3) is 0 Å². The summed E-state index contributed by atoms with van der Waals surface area (Å²) in [6, 6.07) is 9.53. The lowest BCUT2D eigenvalue weighted by atomic mass is 10.0. The summed E-state index contributed by atoms with van der Waals surface area (Å²) in [5.74, 6) is 0.601. The van der Waals surface area contributed by atoms with Gasteiger partial charge in [0.25, 0.3) is 0 Å². The first-order valence-electron chi connectivity index (χ1n) is 7.29. The molecule has 0 saturated carbocycles. The third kappa shape index (κ3) is 3.05. The van der Waals surface area contributed by atoms with Crippen LogP contribution in [0.3, 0.4) is 0 Å². The van der Waals surface area contributed by atoms with Gasteiger partial charge in [-0.25, -0.2) is 0 Å². The Hall–Kier alpha value is -1.02. The highest BCUT2D eigenvalue weighted by Gasteiger charge is 2.23. The fourth-order valence-electron chi connectivity index (χ4n) is 2.76. The first-order valence-corrected chi connectivity index (χ1v) is 7.29. The van der Waals surface area contributed by atoms with Crippen LogP contribution in [0.15, 0.2) is 24.3 Å². The van der Waals surface area contributed by atoms with Crippen LogP contribution >= 0.6 is 0 Å². The summed E-state index contributed by atoms with van der Waals surface area (Å²) in [6.07, 6.45) is 2.49. The predicted octanol–water partition coefficient (Wildman–Crippen LogP) is 3.39. The predicted molar refractivity (Wildman–Crippen MR) is 79.4 cm³/mol. The molecule has 1 unspecified atom stereocenters. The van der Waals surface area contributed by atoms with Gasteiger partial charge in [-0.1, -0.05) is 39.0 Å². The molecule has 2 rings (SSSR count). The Bertz CT molecular complexity index is 373. The van der Waals surface area contributed by atoms with Crippen molar-refractivity contribution in [1.29, 1.82) is 0 Å². The Kier molecular flexibility index (Phi) is 4.65. The van der Waals surface area contributed by atoms with Crippen molar-refractivity contribution >= 4 is 5.69 Å². The SMILES string of the molecule is CCCNC1CCN(c2ccccc2C(C)C)C1. The first-order chi connectivity index (χ1) is 8.72. The van der Waals surface area contributed by atoms with Gasteiger partial charge in [-0.3, -0.25) is 0 Å². The van der Waals surface area contributed by atoms with Crippen LogP contribution < -0.4 is 10.2 Å². The minimum absolute atomic E-state index is 0.601. The molecule has 2 nitrogen and oxygen atoms in total. The van der Waals surface area contributed by atoms with E-state index in [1.165, 1.54) is 30.6 Å². The maximum atomic E-state index is 3.64. The number of hydrogen-bond donors (Lipinski definition) is 1. The summed E-state index contributed by atoms with van der Waals surface area (Å²) in [6.45, 7) is 10.3. The monoisotopic (exact) mass is 246 g/mol. The smallest absolute Gasteiger partial charge is 0.0401 e. The molecule has 1 N–H and O–H groups in total. The minimum atomic E-state index is 0.601. The molecule has 1 aromatic carbocycles. The van der Waals surface area contributed by atoms with Crippen LogP contribution in [0, 0.1) is 0 Å². The van der Waals surface area contributed by atoms with Crippen LogP contribution in [0.5, 0.6) is 0 Å². The van der Waals surface area contributed by atoms with Crippen molar-refractivity contribution in [2.75, 3.05) is 24.5 Å². The Morgan fingerprint density at radius 1 is 1.33 bits per heavy atom. The van der Waals surface area contributed by atoms with E-state index >= 15 is 0 Å². The molecule has 1 heterocycles. The van der Waals surface area contributed by atoms with Crippen molar-refractivity contribution in [1.82, 2.24) is 5.32 Å². The number of benzene rings is 1. The van der Waals surface area contributed by atoms with E-state index in [1.54, 1.807) is 0 Å². The quantitative estimate of drug-likeness (QED) is 0.856. The average molecular weight is 246 g/mol. The molecule has 1 fully saturated rings. The second-order valence-corrected chi connectivity index (χ2v) is 5.60. The minimum Gasteiger partial charge on any atom is -0.370 e. The molecular weight excluding hydrogens is 220 g/mol. The van der Waals surface area contributed by atoms with Crippen molar-refractivity contribution in [3.63, 3.8) is 0 Å². The Balaban J connectivity index is 2.05. The molecule has 0 aromatic heterocycles. The van der Waals surface area contributed by atoms with Crippen LogP contribution in [0.4, 0.5) is 5.69 Å². The van der Waals surface area contributed by atoms with E-state index in [-0.39, 0.29) is 0 Å². The lowest BCUT2D eigenvalue weighted by Gasteiger charge is -2.23. The van der Waals surface area contributed by atoms with E-state index in [0.717, 1.165) is 13.1 Å². The van der Waals surface area contributed by atoms with E-state index in [2.05, 4.69) is 55.3 Å². The standard InChI is InChI=1S/C16H26N2/c1-4-10-17-14-9-11-18(12-14)16-8-6-5-7-15(16)13(2)3/h5-8,13-14,17H,4,9-12H2,1-3H3. The van der Waals surface area contributed by atoms with Gasteiger partial charge in [0.1, 0.15) is 0 Å². The maximum absolute atomic E-state index is 3.64. The van der Waals surface area contributed by atoms with Crippen LogP contribution in [-0.4, -0.2) is 25.7 Å². The fourth-order valence-corrected chi connectivity index (χ4v) is 2.76. The maximum Gasteiger partial charge on any atom is 0.0401 e. The van der Waals surface area contributed by atoms with Crippen LogP contribution in [0.2, 0.25) is 0 Å². The number of nitrogens with one attached hydrogen (secondary N) is 1. The summed E-state index contributed by atoms with van der Waals surface area (Å²) in [4.78, 5) is 2.54. The van der Waals surface area contributed by atoms with Gasteiger partial charge < -0.3 is 10.2 Å². The van der Waals surface area contributed by atoms with E-state index < -0.39 is 0 Å². The Morgan fingerprint density at radius 3 is 2.83 bits per heavy atom. The van der Waals surface area contributed by atoms with Crippen molar-refractivity contribution in [3.05, 3.63) is 29.8 Å². The van der Waals surface area contributed by atoms with Gasteiger partial charge in [0.05, 0.1) is 0 Å². The van der Waals surface area contributed by atoms with Gasteiger partial charge in [-0.15, -0.1) is 0 Å². The molecular formula is C16H26N2. The molecule has 0 aliphatic carbocycles. The zero-order valence-electron chi connectivity index (χ0n) is 11.9. The highest BCUT2D eigenvalue weighted by molar-refractivity contribution is 5.55. The third-order valence-corrected chi connectivity index (χ3v) is 3.77. The summed E-state index contributed by atoms with van der Waals surface area (Å²) in [7, 11) is 0. The number of hydrogen-bond acceptors (Lipinski definition) is 2.